The number of benzene rings is 1. The van der Waals surface area contributed by atoms with Crippen LogP contribution in [0.15, 0.2) is 18.2 Å². The highest BCUT2D eigenvalue weighted by Crippen LogP contribution is 2.33. The molecule has 0 aliphatic carbocycles. The molecule has 1 aromatic rings. The highest BCUT2D eigenvalue weighted by molar-refractivity contribution is 5.75. The molecular formula is C13H14F2O3. The summed E-state index contributed by atoms with van der Waals surface area (Å²) in [6.07, 6.45) is 1.30. The molecule has 1 atom stereocenters. The van der Waals surface area contributed by atoms with Crippen molar-refractivity contribution in [3.8, 4) is 0 Å². The zero-order chi connectivity index (χ0) is 13.2. The fraction of sp³-hybridized carbons (Fsp3) is 0.462. The van der Waals surface area contributed by atoms with E-state index in [2.05, 4.69) is 0 Å². The molecule has 1 fully saturated rings. The largest absolute Gasteiger partial charge is 0.481 e. The normalized spacial score (nSPS) is 23.9. The molecule has 98 valence electrons. The molecule has 1 saturated heterocycles. The summed E-state index contributed by atoms with van der Waals surface area (Å²) in [6, 6.07) is 3.48. The predicted octanol–water partition coefficient (Wildman–Crippen LogP) is 2.39. The summed E-state index contributed by atoms with van der Waals surface area (Å²) < 4.78 is 31.1. The molecule has 0 amide bonds. The maximum atomic E-state index is 13.1. The summed E-state index contributed by atoms with van der Waals surface area (Å²) in [5, 5.41) is 9.33. The summed E-state index contributed by atoms with van der Waals surface area (Å²) in [6.45, 7) is 0.661. The van der Waals surface area contributed by atoms with Crippen molar-refractivity contribution in [1.29, 1.82) is 0 Å². The SMILES string of the molecule is O=C(O)C1(Cc2ccc(F)c(F)c2)CCCOC1. The molecule has 1 aromatic carbocycles. The second-order valence-electron chi connectivity index (χ2n) is 4.67. The van der Waals surface area contributed by atoms with Gasteiger partial charge in [0.05, 0.1) is 12.0 Å². The van der Waals surface area contributed by atoms with Gasteiger partial charge in [0.1, 0.15) is 0 Å². The molecule has 18 heavy (non-hydrogen) atoms. The monoisotopic (exact) mass is 256 g/mol. The van der Waals surface area contributed by atoms with E-state index >= 15 is 0 Å². The average Bonchev–Trinajstić information content (AvgIpc) is 2.35. The highest BCUT2D eigenvalue weighted by atomic mass is 19.2. The van der Waals surface area contributed by atoms with Crippen LogP contribution in [0.4, 0.5) is 8.78 Å². The Morgan fingerprint density at radius 2 is 2.17 bits per heavy atom. The van der Waals surface area contributed by atoms with Crippen LogP contribution in [0.1, 0.15) is 18.4 Å². The van der Waals surface area contributed by atoms with Crippen LogP contribution in [0, 0.1) is 17.0 Å². The number of hydrogen-bond acceptors (Lipinski definition) is 2. The van der Waals surface area contributed by atoms with Crippen LogP contribution in [0.25, 0.3) is 0 Å². The van der Waals surface area contributed by atoms with E-state index in [9.17, 15) is 18.7 Å². The molecule has 0 aromatic heterocycles. The maximum absolute atomic E-state index is 13.1. The van der Waals surface area contributed by atoms with Crippen molar-refractivity contribution in [2.24, 2.45) is 5.41 Å². The van der Waals surface area contributed by atoms with E-state index in [1.165, 1.54) is 6.07 Å². The van der Waals surface area contributed by atoms with E-state index < -0.39 is 23.0 Å². The molecule has 1 N–H and O–H groups in total. The first-order valence-corrected chi connectivity index (χ1v) is 5.79. The molecule has 1 heterocycles. The lowest BCUT2D eigenvalue weighted by atomic mass is 9.77. The molecule has 5 heteroatoms. The average molecular weight is 256 g/mol. The number of aliphatic carboxylic acids is 1. The lowest BCUT2D eigenvalue weighted by Crippen LogP contribution is -2.41. The van der Waals surface area contributed by atoms with Gasteiger partial charge in [-0.05, 0) is 37.0 Å². The molecule has 0 bridgehead atoms. The van der Waals surface area contributed by atoms with E-state index in [4.69, 9.17) is 4.74 Å². The molecule has 2 rings (SSSR count). The second kappa shape index (κ2) is 5.02. The van der Waals surface area contributed by atoms with E-state index in [0.29, 0.717) is 25.0 Å². The summed E-state index contributed by atoms with van der Waals surface area (Å²) in [5.74, 6) is -2.83. The minimum absolute atomic E-state index is 0.112. The molecule has 0 saturated carbocycles. The van der Waals surface area contributed by atoms with Crippen molar-refractivity contribution < 1.29 is 23.4 Å². The minimum Gasteiger partial charge on any atom is -0.481 e. The van der Waals surface area contributed by atoms with Gasteiger partial charge in [-0.3, -0.25) is 4.79 Å². The van der Waals surface area contributed by atoms with Crippen LogP contribution in [0.2, 0.25) is 0 Å². The van der Waals surface area contributed by atoms with Crippen LogP contribution < -0.4 is 0 Å². The van der Waals surface area contributed by atoms with Crippen molar-refractivity contribution in [3.05, 3.63) is 35.4 Å². The first kappa shape index (κ1) is 13.0. The van der Waals surface area contributed by atoms with E-state index in [-0.39, 0.29) is 13.0 Å². The smallest absolute Gasteiger partial charge is 0.312 e. The number of carbonyl (C=O) groups is 1. The highest BCUT2D eigenvalue weighted by Gasteiger charge is 2.40. The van der Waals surface area contributed by atoms with Gasteiger partial charge < -0.3 is 9.84 Å². The van der Waals surface area contributed by atoms with Crippen molar-refractivity contribution in [2.75, 3.05) is 13.2 Å². The van der Waals surface area contributed by atoms with Gasteiger partial charge in [0, 0.05) is 6.61 Å². The quantitative estimate of drug-likeness (QED) is 0.903. The standard InChI is InChI=1S/C13H14F2O3/c14-10-3-2-9(6-11(10)15)7-13(12(16)17)4-1-5-18-8-13/h2-3,6H,1,4-5,7-8H2,(H,16,17). The Morgan fingerprint density at radius 1 is 1.39 bits per heavy atom. The number of carboxylic acids is 1. The van der Waals surface area contributed by atoms with Crippen LogP contribution in [-0.4, -0.2) is 24.3 Å². The summed E-state index contributed by atoms with van der Waals surface area (Å²) in [5.41, 5.74) is -0.551. The van der Waals surface area contributed by atoms with Crippen LogP contribution in [0.5, 0.6) is 0 Å². The van der Waals surface area contributed by atoms with Crippen LogP contribution in [-0.2, 0) is 16.0 Å². The lowest BCUT2D eigenvalue weighted by molar-refractivity contribution is -0.157. The molecule has 1 aliphatic rings. The Bertz CT molecular complexity index is 454. The summed E-state index contributed by atoms with van der Waals surface area (Å²) in [4.78, 5) is 11.4. The molecule has 0 radical (unpaired) electrons. The number of ether oxygens (including phenoxy) is 1. The Balaban J connectivity index is 2.23. The Kier molecular flexibility index (Phi) is 3.61. The van der Waals surface area contributed by atoms with Crippen molar-refractivity contribution in [1.82, 2.24) is 0 Å². The zero-order valence-electron chi connectivity index (χ0n) is 9.79. The van der Waals surface area contributed by atoms with Crippen molar-refractivity contribution in [3.63, 3.8) is 0 Å². The fourth-order valence-corrected chi connectivity index (χ4v) is 2.28. The predicted molar refractivity (Wildman–Crippen MR) is 60.2 cm³/mol. The van der Waals surface area contributed by atoms with Gasteiger partial charge in [-0.25, -0.2) is 8.78 Å². The number of halogens is 2. The van der Waals surface area contributed by atoms with Gasteiger partial charge in [0.15, 0.2) is 11.6 Å². The Hall–Kier alpha value is -1.49. The third-order valence-electron chi connectivity index (χ3n) is 3.30. The topological polar surface area (TPSA) is 46.5 Å². The fourth-order valence-electron chi connectivity index (χ4n) is 2.28. The van der Waals surface area contributed by atoms with E-state index in [1.54, 1.807) is 0 Å². The van der Waals surface area contributed by atoms with Gasteiger partial charge in [0.2, 0.25) is 0 Å². The van der Waals surface area contributed by atoms with Gasteiger partial charge in [-0.1, -0.05) is 6.07 Å². The number of rotatable bonds is 3. The van der Waals surface area contributed by atoms with Crippen molar-refractivity contribution in [2.45, 2.75) is 19.3 Å². The molecule has 0 spiro atoms. The van der Waals surface area contributed by atoms with E-state index in [1.807, 2.05) is 0 Å². The third kappa shape index (κ3) is 2.51. The lowest BCUT2D eigenvalue weighted by Gasteiger charge is -2.33. The summed E-state index contributed by atoms with van der Waals surface area (Å²) >= 11 is 0. The molecule has 1 unspecified atom stereocenters. The van der Waals surface area contributed by atoms with Gasteiger partial charge >= 0.3 is 5.97 Å². The third-order valence-corrected chi connectivity index (χ3v) is 3.30. The van der Waals surface area contributed by atoms with Crippen molar-refractivity contribution >= 4 is 5.97 Å². The maximum Gasteiger partial charge on any atom is 0.312 e. The van der Waals surface area contributed by atoms with Gasteiger partial charge in [-0.2, -0.15) is 0 Å². The van der Waals surface area contributed by atoms with E-state index in [0.717, 1.165) is 12.1 Å². The number of carboxylic acid groups (broad SMARTS) is 1. The number of hydrogen-bond donors (Lipinski definition) is 1. The molecule has 3 nitrogen and oxygen atoms in total. The van der Waals surface area contributed by atoms with Gasteiger partial charge in [-0.15, -0.1) is 0 Å². The molecular weight excluding hydrogens is 242 g/mol. The van der Waals surface area contributed by atoms with Crippen LogP contribution in [0.3, 0.4) is 0 Å². The first-order chi connectivity index (χ1) is 8.53. The van der Waals surface area contributed by atoms with Crippen LogP contribution >= 0.6 is 0 Å². The molecule has 1 aliphatic heterocycles. The summed E-state index contributed by atoms with van der Waals surface area (Å²) in [7, 11) is 0. The Labute approximate surface area is 103 Å². The van der Waals surface area contributed by atoms with Gasteiger partial charge in [0.25, 0.3) is 0 Å². The first-order valence-electron chi connectivity index (χ1n) is 5.79. The Morgan fingerprint density at radius 3 is 2.72 bits per heavy atom. The minimum atomic E-state index is -1.03. The zero-order valence-corrected chi connectivity index (χ0v) is 9.79. The second-order valence-corrected chi connectivity index (χ2v) is 4.67.